The first-order chi connectivity index (χ1) is 5.50. The van der Waals surface area contributed by atoms with Gasteiger partial charge in [0.15, 0.2) is 0 Å². The minimum atomic E-state index is 0. The number of hydrogen-bond donors (Lipinski definition) is 0. The van der Waals surface area contributed by atoms with Gasteiger partial charge in [0, 0.05) is 0 Å². The van der Waals surface area contributed by atoms with Gasteiger partial charge < -0.3 is 13.8 Å². The van der Waals surface area contributed by atoms with Crippen LogP contribution in [0.1, 0.15) is 53.4 Å². The van der Waals surface area contributed by atoms with E-state index >= 15 is 0 Å². The first kappa shape index (κ1) is 19.4. The molecule has 0 nitrogen and oxygen atoms in total. The van der Waals surface area contributed by atoms with Gasteiger partial charge in [-0.05, 0) is 5.92 Å². The molecule has 13 heavy (non-hydrogen) atoms. The summed E-state index contributed by atoms with van der Waals surface area (Å²) in [6.45, 7) is 16.1. The van der Waals surface area contributed by atoms with Crippen molar-refractivity contribution in [1.29, 1.82) is 0 Å². The van der Waals surface area contributed by atoms with Crippen LogP contribution in [0.5, 0.6) is 0 Å². The molecule has 1 heteroatoms. The molecule has 0 aromatic heterocycles. The van der Waals surface area contributed by atoms with Crippen molar-refractivity contribution in [3.63, 3.8) is 0 Å². The van der Waals surface area contributed by atoms with Gasteiger partial charge in [-0.1, -0.05) is 47.0 Å². The summed E-state index contributed by atoms with van der Waals surface area (Å²) in [7, 11) is 0. The monoisotopic (exact) mass is 194 g/mol. The predicted octanol–water partition coefficient (Wildman–Crippen LogP) is 4.13. The zero-order valence-electron chi connectivity index (χ0n) is 10.1. The molecule has 0 spiro atoms. The van der Waals surface area contributed by atoms with Gasteiger partial charge in [0.25, 0.3) is 0 Å². The minimum absolute atomic E-state index is 0. The first-order valence-electron chi connectivity index (χ1n) is 5.13. The van der Waals surface area contributed by atoms with Crippen molar-refractivity contribution < 1.29 is 0 Å². The second-order valence-electron chi connectivity index (χ2n) is 4.14. The predicted molar refractivity (Wildman–Crippen MR) is 64.6 cm³/mol. The van der Waals surface area contributed by atoms with E-state index in [-0.39, 0.29) is 23.1 Å². The van der Waals surface area contributed by atoms with E-state index in [4.69, 9.17) is 0 Å². The number of rotatable bonds is 4. The zero-order valence-corrected chi connectivity index (χ0v) is 11.5. The zero-order chi connectivity index (χ0) is 9.98. The maximum atomic E-state index is 3.78. The van der Waals surface area contributed by atoms with Crippen LogP contribution in [0.4, 0.5) is 0 Å². The van der Waals surface area contributed by atoms with E-state index in [1.54, 1.807) is 0 Å². The molecule has 76 valence electrons. The van der Waals surface area contributed by atoms with E-state index in [2.05, 4.69) is 41.5 Å². The third-order valence-electron chi connectivity index (χ3n) is 1.28. The Labute approximate surface area is 102 Å². The fraction of sp³-hybridized carbons (Fsp3) is 0.833. The summed E-state index contributed by atoms with van der Waals surface area (Å²) in [6, 6.07) is 0. The van der Waals surface area contributed by atoms with Crippen LogP contribution in [0.2, 0.25) is 0 Å². The molecule has 0 aliphatic heterocycles. The summed E-state index contributed by atoms with van der Waals surface area (Å²) in [5.74, 6) is 1.46. The van der Waals surface area contributed by atoms with Crippen LogP contribution in [-0.4, -0.2) is 23.1 Å². The average Bonchev–Trinajstić information content (AvgIpc) is 1.86. The minimum Gasteiger partial charge on any atom is -0.343 e. The molecule has 0 N–H and O–H groups in total. The van der Waals surface area contributed by atoms with Crippen LogP contribution in [0.3, 0.4) is 0 Å². The van der Waals surface area contributed by atoms with Gasteiger partial charge in [0.05, 0.1) is 0 Å². The fourth-order valence-corrected chi connectivity index (χ4v) is 0.729. The molecule has 0 bridgehead atoms. The molecule has 0 aliphatic rings. The molecule has 0 unspecified atom stereocenters. The van der Waals surface area contributed by atoms with Crippen LogP contribution in [0.15, 0.2) is 0 Å². The van der Waals surface area contributed by atoms with Crippen molar-refractivity contribution in [3.8, 4) is 0 Å². The molecule has 0 fully saturated rings. The van der Waals surface area contributed by atoms with Gasteiger partial charge in [0.1, 0.15) is 0 Å². The summed E-state index contributed by atoms with van der Waals surface area (Å²) in [4.78, 5) is 0. The van der Waals surface area contributed by atoms with E-state index in [9.17, 15) is 0 Å². The first-order valence-corrected chi connectivity index (χ1v) is 5.13. The molecular formula is C12H26Mg. The van der Waals surface area contributed by atoms with Gasteiger partial charge in [0.2, 0.25) is 0 Å². The van der Waals surface area contributed by atoms with Crippen LogP contribution < -0.4 is 0 Å². The van der Waals surface area contributed by atoms with E-state index in [1.807, 2.05) is 0 Å². The van der Waals surface area contributed by atoms with Crippen molar-refractivity contribution in [2.45, 2.75) is 53.4 Å². The Balaban J connectivity index is -0.000000173. The SMILES string of the molecule is [CH2-]C(C)C.[CH2-]CCCCC(C)C.[Mg+2]. The Bertz CT molecular complexity index is 64.8. The molecule has 0 saturated carbocycles. The van der Waals surface area contributed by atoms with Gasteiger partial charge in [-0.2, -0.15) is 12.3 Å². The Hall–Kier alpha value is 0.766. The molecule has 0 aromatic rings. The molecule has 0 rings (SSSR count). The van der Waals surface area contributed by atoms with E-state index < -0.39 is 0 Å². The summed E-state index contributed by atoms with van der Waals surface area (Å²) in [6.07, 6.45) is 5.14. The summed E-state index contributed by atoms with van der Waals surface area (Å²) < 4.78 is 0. The van der Waals surface area contributed by atoms with Gasteiger partial charge in [-0.25, -0.2) is 0 Å². The molecule has 0 aromatic carbocycles. The molecule has 0 heterocycles. The van der Waals surface area contributed by atoms with Gasteiger partial charge in [-0.15, -0.1) is 0 Å². The second kappa shape index (κ2) is 15.2. The molecule has 0 radical (unpaired) electrons. The smallest absolute Gasteiger partial charge is 0.343 e. The molecule has 0 saturated heterocycles. The quantitative estimate of drug-likeness (QED) is 0.359. The van der Waals surface area contributed by atoms with E-state index in [1.165, 1.54) is 19.3 Å². The van der Waals surface area contributed by atoms with Crippen LogP contribution >= 0.6 is 0 Å². The molecule has 0 amide bonds. The van der Waals surface area contributed by atoms with Gasteiger partial charge in [-0.3, -0.25) is 0 Å². The number of unbranched alkanes of at least 4 members (excludes halogenated alkanes) is 2. The normalized spacial score (nSPS) is 9.23. The Morgan fingerprint density at radius 2 is 1.38 bits per heavy atom. The Morgan fingerprint density at radius 3 is 1.62 bits per heavy atom. The topological polar surface area (TPSA) is 0 Å². The molecule has 0 atom stereocenters. The Morgan fingerprint density at radius 1 is 1.00 bits per heavy atom. The maximum absolute atomic E-state index is 3.78. The Kier molecular flexibility index (Phi) is 22.7. The summed E-state index contributed by atoms with van der Waals surface area (Å²) in [5, 5.41) is 0. The third kappa shape index (κ3) is 44.5. The largest absolute Gasteiger partial charge is 2.00 e. The fourth-order valence-electron chi connectivity index (χ4n) is 0.729. The summed E-state index contributed by atoms with van der Waals surface area (Å²) >= 11 is 0. The summed E-state index contributed by atoms with van der Waals surface area (Å²) in [5.41, 5.74) is 0. The molecule has 0 aliphatic carbocycles. The van der Waals surface area contributed by atoms with Crippen molar-refractivity contribution in [2.24, 2.45) is 11.8 Å². The van der Waals surface area contributed by atoms with Crippen LogP contribution in [0.25, 0.3) is 0 Å². The van der Waals surface area contributed by atoms with Crippen molar-refractivity contribution in [2.75, 3.05) is 0 Å². The maximum Gasteiger partial charge on any atom is 2.00 e. The van der Waals surface area contributed by atoms with Crippen LogP contribution in [0, 0.1) is 25.7 Å². The van der Waals surface area contributed by atoms with Gasteiger partial charge >= 0.3 is 23.1 Å². The molecular weight excluding hydrogens is 168 g/mol. The third-order valence-corrected chi connectivity index (χ3v) is 1.28. The van der Waals surface area contributed by atoms with E-state index in [0.29, 0.717) is 5.92 Å². The van der Waals surface area contributed by atoms with Crippen LogP contribution in [-0.2, 0) is 0 Å². The second-order valence-corrected chi connectivity index (χ2v) is 4.14. The standard InChI is InChI=1S/C8H17.C4H9.Mg/c1-4-5-6-7-8(2)3;1-4(2)3;/h8H,1,4-7H2,2-3H3;4H,1H2,2-3H3;/q2*-1;+2. The average molecular weight is 195 g/mol. The van der Waals surface area contributed by atoms with Crippen molar-refractivity contribution in [1.82, 2.24) is 0 Å². The van der Waals surface area contributed by atoms with Crippen molar-refractivity contribution >= 4 is 23.1 Å². The number of hydrogen-bond acceptors (Lipinski definition) is 0. The van der Waals surface area contributed by atoms with Crippen molar-refractivity contribution in [3.05, 3.63) is 13.8 Å². The van der Waals surface area contributed by atoms with E-state index in [0.717, 1.165) is 12.3 Å².